The number of nitrogens with zero attached hydrogens (tertiary/aromatic N) is 1. The number of halogens is 1. The summed E-state index contributed by atoms with van der Waals surface area (Å²) in [5.74, 6) is 0. The summed E-state index contributed by atoms with van der Waals surface area (Å²) in [6, 6.07) is 5.84. The molecular formula is C18H19ClN2O. The van der Waals surface area contributed by atoms with Crippen LogP contribution < -0.4 is 0 Å². The zero-order chi connectivity index (χ0) is 15.7. The first-order valence-electron chi connectivity index (χ1n) is 7.49. The maximum atomic E-state index is 11.5. The van der Waals surface area contributed by atoms with E-state index in [4.69, 9.17) is 11.6 Å². The largest absolute Gasteiger partial charge is 0.356 e. The molecule has 0 spiro atoms. The number of carbonyl (C=O) groups excluding carboxylic acids is 1. The molecule has 1 aliphatic heterocycles. The minimum atomic E-state index is -0.0615. The lowest BCUT2D eigenvalue weighted by molar-refractivity contribution is -0.120. The lowest BCUT2D eigenvalue weighted by atomic mass is 9.92. The van der Waals surface area contributed by atoms with E-state index in [2.05, 4.69) is 17.1 Å². The third-order valence-electron chi connectivity index (χ3n) is 4.27. The van der Waals surface area contributed by atoms with Crippen molar-refractivity contribution in [2.24, 2.45) is 0 Å². The lowest BCUT2D eigenvalue weighted by Crippen LogP contribution is -2.35. The van der Waals surface area contributed by atoms with E-state index in [0.29, 0.717) is 0 Å². The van der Waals surface area contributed by atoms with Crippen molar-refractivity contribution in [2.75, 3.05) is 6.54 Å². The fraction of sp³-hybridized carbons (Fsp3) is 0.278. The Morgan fingerprint density at radius 2 is 2.23 bits per heavy atom. The summed E-state index contributed by atoms with van der Waals surface area (Å²) in [6.07, 6.45) is 7.92. The van der Waals surface area contributed by atoms with Gasteiger partial charge in [-0.1, -0.05) is 29.8 Å². The zero-order valence-corrected chi connectivity index (χ0v) is 13.5. The van der Waals surface area contributed by atoms with Gasteiger partial charge in [0.25, 0.3) is 0 Å². The molecule has 0 saturated carbocycles. The van der Waals surface area contributed by atoms with Gasteiger partial charge in [0, 0.05) is 28.2 Å². The van der Waals surface area contributed by atoms with E-state index < -0.39 is 0 Å². The van der Waals surface area contributed by atoms with Crippen molar-refractivity contribution in [3.05, 3.63) is 58.3 Å². The van der Waals surface area contributed by atoms with Gasteiger partial charge >= 0.3 is 0 Å². The van der Waals surface area contributed by atoms with Crippen molar-refractivity contribution in [1.82, 2.24) is 9.88 Å². The SMILES string of the molecule is C/C=C\C(=C/C)C1c2[nH]c3ccc(Cl)cc3c2CCN1C=O. The van der Waals surface area contributed by atoms with Crippen molar-refractivity contribution in [3.63, 3.8) is 0 Å². The quantitative estimate of drug-likeness (QED) is 0.661. The molecule has 1 aliphatic rings. The Balaban J connectivity index is 2.21. The van der Waals surface area contributed by atoms with Crippen LogP contribution in [0, 0.1) is 0 Å². The number of amides is 1. The molecule has 1 aromatic heterocycles. The summed E-state index contributed by atoms with van der Waals surface area (Å²) in [5, 5.41) is 1.90. The van der Waals surface area contributed by atoms with Gasteiger partial charge in [-0.05, 0) is 49.6 Å². The molecule has 0 fully saturated rings. The van der Waals surface area contributed by atoms with Crippen LogP contribution in [0.3, 0.4) is 0 Å². The van der Waals surface area contributed by atoms with Gasteiger partial charge in [-0.3, -0.25) is 4.79 Å². The van der Waals surface area contributed by atoms with Crippen molar-refractivity contribution >= 4 is 28.9 Å². The van der Waals surface area contributed by atoms with Crippen molar-refractivity contribution in [3.8, 4) is 0 Å². The Labute approximate surface area is 135 Å². The number of rotatable bonds is 3. The Morgan fingerprint density at radius 3 is 2.91 bits per heavy atom. The second kappa shape index (κ2) is 6.01. The number of nitrogens with one attached hydrogen (secondary N) is 1. The van der Waals surface area contributed by atoms with Crippen LogP contribution in [0.2, 0.25) is 5.02 Å². The van der Waals surface area contributed by atoms with Crippen molar-refractivity contribution in [1.29, 1.82) is 0 Å². The molecule has 3 rings (SSSR count). The molecule has 1 unspecified atom stereocenters. The Morgan fingerprint density at radius 1 is 1.41 bits per heavy atom. The van der Waals surface area contributed by atoms with E-state index in [0.717, 1.165) is 46.6 Å². The zero-order valence-electron chi connectivity index (χ0n) is 12.8. The number of carbonyl (C=O) groups is 1. The highest BCUT2D eigenvalue weighted by Gasteiger charge is 2.31. The fourth-order valence-electron chi connectivity index (χ4n) is 3.29. The molecular weight excluding hydrogens is 296 g/mol. The van der Waals surface area contributed by atoms with Crippen molar-refractivity contribution in [2.45, 2.75) is 26.3 Å². The predicted octanol–water partition coefficient (Wildman–Crippen LogP) is 4.40. The molecule has 1 N–H and O–H groups in total. The normalized spacial score (nSPS) is 19.0. The Bertz CT molecular complexity index is 773. The molecule has 1 atom stereocenters. The molecule has 2 heterocycles. The highest BCUT2D eigenvalue weighted by Crippen LogP contribution is 2.38. The Kier molecular flexibility index (Phi) is 4.08. The van der Waals surface area contributed by atoms with Gasteiger partial charge in [-0.2, -0.15) is 0 Å². The number of allylic oxidation sites excluding steroid dienone is 2. The molecule has 3 nitrogen and oxygen atoms in total. The average Bonchev–Trinajstić information content (AvgIpc) is 2.89. The maximum absolute atomic E-state index is 11.5. The first-order valence-corrected chi connectivity index (χ1v) is 7.87. The number of aromatic amines is 1. The molecule has 2 aromatic rings. The number of H-pyrrole nitrogens is 1. The standard InChI is InChI=1S/C18H19ClN2O/c1-3-5-12(4-2)18-17-14(8-9-21(18)11-22)15-10-13(19)6-7-16(15)20-17/h3-7,10-11,18,20H,8-9H2,1-2H3/b5-3-,12-4+. The summed E-state index contributed by atoms with van der Waals surface area (Å²) in [6.45, 7) is 4.71. The molecule has 0 saturated heterocycles. The smallest absolute Gasteiger partial charge is 0.210 e. The van der Waals surface area contributed by atoms with Gasteiger partial charge in [-0.25, -0.2) is 0 Å². The van der Waals surface area contributed by atoms with Crippen LogP contribution in [0.15, 0.2) is 42.0 Å². The minimum Gasteiger partial charge on any atom is -0.356 e. The molecule has 0 radical (unpaired) electrons. The summed E-state index contributed by atoms with van der Waals surface area (Å²) in [7, 11) is 0. The van der Waals surface area contributed by atoms with E-state index in [1.165, 1.54) is 5.56 Å². The number of hydrogen-bond donors (Lipinski definition) is 1. The van der Waals surface area contributed by atoms with Gasteiger partial charge in [-0.15, -0.1) is 0 Å². The molecule has 0 bridgehead atoms. The van der Waals surface area contributed by atoms with E-state index >= 15 is 0 Å². The molecule has 1 amide bonds. The molecule has 114 valence electrons. The summed E-state index contributed by atoms with van der Waals surface area (Å²) in [4.78, 5) is 16.9. The van der Waals surface area contributed by atoms with Crippen LogP contribution >= 0.6 is 11.6 Å². The average molecular weight is 315 g/mol. The predicted molar refractivity (Wildman–Crippen MR) is 91.1 cm³/mol. The fourth-order valence-corrected chi connectivity index (χ4v) is 3.46. The number of fused-ring (bicyclic) bond motifs is 3. The minimum absolute atomic E-state index is 0.0615. The van der Waals surface area contributed by atoms with Gasteiger partial charge in [0.05, 0.1) is 6.04 Å². The van der Waals surface area contributed by atoms with Gasteiger partial charge < -0.3 is 9.88 Å². The molecule has 1 aromatic carbocycles. The van der Waals surface area contributed by atoms with E-state index in [-0.39, 0.29) is 6.04 Å². The van der Waals surface area contributed by atoms with Gasteiger partial charge in [0.2, 0.25) is 6.41 Å². The summed E-state index contributed by atoms with van der Waals surface area (Å²) in [5.41, 5.74) is 4.56. The number of aromatic nitrogens is 1. The van der Waals surface area contributed by atoms with Crippen LogP contribution in [0.5, 0.6) is 0 Å². The van der Waals surface area contributed by atoms with Gasteiger partial charge in [0.1, 0.15) is 0 Å². The van der Waals surface area contributed by atoms with E-state index in [1.807, 2.05) is 43.0 Å². The second-order valence-electron chi connectivity index (χ2n) is 5.49. The van der Waals surface area contributed by atoms with Crippen LogP contribution in [0.25, 0.3) is 10.9 Å². The topological polar surface area (TPSA) is 36.1 Å². The molecule has 22 heavy (non-hydrogen) atoms. The maximum Gasteiger partial charge on any atom is 0.210 e. The monoisotopic (exact) mass is 314 g/mol. The molecule has 0 aliphatic carbocycles. The number of benzene rings is 1. The first kappa shape index (κ1) is 14.9. The van der Waals surface area contributed by atoms with E-state index in [1.54, 1.807) is 0 Å². The molecule has 4 heteroatoms. The number of hydrogen-bond acceptors (Lipinski definition) is 1. The third-order valence-corrected chi connectivity index (χ3v) is 4.50. The van der Waals surface area contributed by atoms with E-state index in [9.17, 15) is 4.79 Å². The van der Waals surface area contributed by atoms with Crippen molar-refractivity contribution < 1.29 is 4.79 Å². The lowest BCUT2D eigenvalue weighted by Gasteiger charge is -2.33. The van der Waals surface area contributed by atoms with Crippen LogP contribution in [0.4, 0.5) is 0 Å². The third kappa shape index (κ3) is 2.35. The highest BCUT2D eigenvalue weighted by molar-refractivity contribution is 6.31. The summed E-state index contributed by atoms with van der Waals surface area (Å²) < 4.78 is 0. The van der Waals surface area contributed by atoms with Crippen LogP contribution in [0.1, 0.15) is 31.1 Å². The summed E-state index contributed by atoms with van der Waals surface area (Å²) >= 11 is 6.15. The second-order valence-corrected chi connectivity index (χ2v) is 5.93. The van der Waals surface area contributed by atoms with Crippen LogP contribution in [-0.2, 0) is 11.2 Å². The Hall–Kier alpha value is -2.00. The first-order chi connectivity index (χ1) is 10.7. The highest BCUT2D eigenvalue weighted by atomic mass is 35.5. The van der Waals surface area contributed by atoms with Gasteiger partial charge in [0.15, 0.2) is 0 Å². The van der Waals surface area contributed by atoms with Crippen LogP contribution in [-0.4, -0.2) is 22.8 Å².